The Bertz CT molecular complexity index is 705. The van der Waals surface area contributed by atoms with E-state index in [1.807, 2.05) is 37.3 Å². The van der Waals surface area contributed by atoms with Gasteiger partial charge >= 0.3 is 12.1 Å². The molecule has 1 saturated heterocycles. The summed E-state index contributed by atoms with van der Waals surface area (Å²) in [5.41, 5.74) is 0.493. The van der Waals surface area contributed by atoms with Crippen LogP contribution in [-0.4, -0.2) is 56.8 Å². The molecule has 8 heteroatoms. The molecule has 1 aromatic heterocycles. The number of nitrogens with zero attached hydrogens (tertiary/aromatic N) is 4. The van der Waals surface area contributed by atoms with E-state index in [9.17, 15) is 9.59 Å². The number of carbonyl (C=O) groups excluding carboxylic acids is 2. The minimum absolute atomic E-state index is 0.116. The van der Waals surface area contributed by atoms with Crippen LogP contribution < -0.4 is 0 Å². The lowest BCUT2D eigenvalue weighted by molar-refractivity contribution is 0.00130. The van der Waals surface area contributed by atoms with E-state index in [0.29, 0.717) is 19.1 Å². The number of hydrogen-bond donors (Lipinski definition) is 0. The number of esters is 1. The average molecular weight is 378 g/mol. The molecule has 0 aromatic carbocycles. The Morgan fingerprint density at radius 2 is 1.93 bits per heavy atom. The van der Waals surface area contributed by atoms with Gasteiger partial charge in [-0.3, -0.25) is 0 Å². The van der Waals surface area contributed by atoms with Gasteiger partial charge in [0.05, 0.1) is 18.3 Å². The summed E-state index contributed by atoms with van der Waals surface area (Å²) < 4.78 is 12.5. The lowest BCUT2D eigenvalue weighted by atomic mass is 9.94. The average Bonchev–Trinajstić information content (AvgIpc) is 3.35. The van der Waals surface area contributed by atoms with Gasteiger partial charge in [-0.25, -0.2) is 14.3 Å². The van der Waals surface area contributed by atoms with Gasteiger partial charge in [0, 0.05) is 12.6 Å². The number of likely N-dealkylation sites (tertiary alicyclic amines) is 1. The molecular formula is C19H30N4O4. The molecule has 150 valence electrons. The van der Waals surface area contributed by atoms with Gasteiger partial charge in [0.1, 0.15) is 5.60 Å². The van der Waals surface area contributed by atoms with Crippen LogP contribution in [0.3, 0.4) is 0 Å². The van der Waals surface area contributed by atoms with E-state index in [4.69, 9.17) is 9.47 Å². The van der Waals surface area contributed by atoms with Crippen LogP contribution in [0.5, 0.6) is 0 Å². The van der Waals surface area contributed by atoms with Crippen LogP contribution in [0.25, 0.3) is 0 Å². The molecule has 2 unspecified atom stereocenters. The molecule has 8 nitrogen and oxygen atoms in total. The van der Waals surface area contributed by atoms with Gasteiger partial charge in [-0.15, -0.1) is 5.10 Å². The monoisotopic (exact) mass is 378 g/mol. The Hall–Kier alpha value is -2.12. The Kier molecular flexibility index (Phi) is 5.44. The molecule has 0 radical (unpaired) electrons. The highest BCUT2D eigenvalue weighted by Gasteiger charge is 2.43. The molecule has 1 aliphatic carbocycles. The van der Waals surface area contributed by atoms with Crippen LogP contribution in [0.2, 0.25) is 0 Å². The molecule has 2 aliphatic rings. The van der Waals surface area contributed by atoms with Crippen molar-refractivity contribution >= 4 is 12.1 Å². The molecule has 1 aliphatic heterocycles. The van der Waals surface area contributed by atoms with Crippen molar-refractivity contribution in [3.8, 4) is 0 Å². The Morgan fingerprint density at radius 1 is 1.22 bits per heavy atom. The molecule has 2 heterocycles. The zero-order chi connectivity index (χ0) is 19.8. The van der Waals surface area contributed by atoms with Crippen molar-refractivity contribution in [3.63, 3.8) is 0 Å². The van der Waals surface area contributed by atoms with Gasteiger partial charge in [-0.2, -0.15) is 0 Å². The predicted octanol–water partition coefficient (Wildman–Crippen LogP) is 3.11. The number of aromatic nitrogens is 3. The fourth-order valence-electron chi connectivity index (χ4n) is 3.75. The Morgan fingerprint density at radius 3 is 2.52 bits per heavy atom. The van der Waals surface area contributed by atoms with Crippen molar-refractivity contribution in [2.75, 3.05) is 13.2 Å². The second-order valence-electron chi connectivity index (χ2n) is 8.45. The first-order valence-corrected chi connectivity index (χ1v) is 9.79. The van der Waals surface area contributed by atoms with E-state index >= 15 is 0 Å². The molecule has 0 spiro atoms. The van der Waals surface area contributed by atoms with E-state index < -0.39 is 11.6 Å². The lowest BCUT2D eigenvalue weighted by Gasteiger charge is -2.40. The predicted molar refractivity (Wildman–Crippen MR) is 98.4 cm³/mol. The highest BCUT2D eigenvalue weighted by Crippen LogP contribution is 2.42. The maximum atomic E-state index is 12.6. The first-order valence-electron chi connectivity index (χ1n) is 9.79. The van der Waals surface area contributed by atoms with Crippen molar-refractivity contribution in [3.05, 3.63) is 11.4 Å². The van der Waals surface area contributed by atoms with Crippen molar-refractivity contribution in [1.29, 1.82) is 0 Å². The molecule has 1 saturated carbocycles. The summed E-state index contributed by atoms with van der Waals surface area (Å²) in [6.07, 6.45) is 3.61. The second kappa shape index (κ2) is 7.48. The van der Waals surface area contributed by atoms with E-state index in [2.05, 4.69) is 10.3 Å². The zero-order valence-corrected chi connectivity index (χ0v) is 16.9. The van der Waals surface area contributed by atoms with Gasteiger partial charge in [0.25, 0.3) is 0 Å². The van der Waals surface area contributed by atoms with Crippen LogP contribution in [-0.2, 0) is 9.47 Å². The normalized spacial score (nSPS) is 23.2. The van der Waals surface area contributed by atoms with E-state index in [1.54, 1.807) is 6.92 Å². The molecule has 1 amide bonds. The van der Waals surface area contributed by atoms with Crippen molar-refractivity contribution in [2.24, 2.45) is 5.92 Å². The van der Waals surface area contributed by atoms with Crippen molar-refractivity contribution in [2.45, 2.75) is 78.0 Å². The topological polar surface area (TPSA) is 86.5 Å². The number of piperidine rings is 1. The van der Waals surface area contributed by atoms with E-state index in [-0.39, 0.29) is 23.9 Å². The molecular weight excluding hydrogens is 348 g/mol. The number of amides is 1. The molecule has 1 aromatic rings. The maximum absolute atomic E-state index is 12.6. The molecule has 2 fully saturated rings. The largest absolute Gasteiger partial charge is 0.461 e. The fourth-order valence-corrected chi connectivity index (χ4v) is 3.75. The van der Waals surface area contributed by atoms with Crippen LogP contribution >= 0.6 is 0 Å². The zero-order valence-electron chi connectivity index (χ0n) is 16.9. The van der Waals surface area contributed by atoms with Crippen molar-refractivity contribution < 1.29 is 19.1 Å². The van der Waals surface area contributed by atoms with E-state index in [1.165, 1.54) is 0 Å². The van der Waals surface area contributed by atoms with Crippen LogP contribution in [0.15, 0.2) is 0 Å². The number of ether oxygens (including phenoxy) is 2. The van der Waals surface area contributed by atoms with E-state index in [0.717, 1.165) is 31.4 Å². The summed E-state index contributed by atoms with van der Waals surface area (Å²) in [6, 6.07) is 0.262. The highest BCUT2D eigenvalue weighted by molar-refractivity contribution is 5.88. The first kappa shape index (κ1) is 19.6. The number of hydrogen-bond acceptors (Lipinski definition) is 6. The maximum Gasteiger partial charge on any atom is 0.410 e. The fraction of sp³-hybridized carbons (Fsp3) is 0.789. The Labute approximate surface area is 160 Å². The summed E-state index contributed by atoms with van der Waals surface area (Å²) >= 11 is 0. The highest BCUT2D eigenvalue weighted by atomic mass is 16.6. The minimum Gasteiger partial charge on any atom is -0.461 e. The molecule has 0 N–H and O–H groups in total. The third-order valence-corrected chi connectivity index (χ3v) is 5.15. The van der Waals surface area contributed by atoms with Crippen LogP contribution in [0, 0.1) is 12.8 Å². The smallest absolute Gasteiger partial charge is 0.410 e. The minimum atomic E-state index is -0.501. The third-order valence-electron chi connectivity index (χ3n) is 5.15. The quantitative estimate of drug-likeness (QED) is 0.748. The van der Waals surface area contributed by atoms with Crippen LogP contribution in [0.4, 0.5) is 4.79 Å². The number of rotatable bonds is 4. The summed E-state index contributed by atoms with van der Waals surface area (Å²) in [6.45, 7) is 10.2. The first-order chi connectivity index (χ1) is 12.7. The Balaban J connectivity index is 1.74. The molecule has 2 atom stereocenters. The summed E-state index contributed by atoms with van der Waals surface area (Å²) in [5, 5.41) is 8.25. The third kappa shape index (κ3) is 4.42. The number of carbonyl (C=O) groups is 2. The van der Waals surface area contributed by atoms with Crippen molar-refractivity contribution in [1.82, 2.24) is 19.9 Å². The van der Waals surface area contributed by atoms with Gasteiger partial charge in [0.2, 0.25) is 0 Å². The summed E-state index contributed by atoms with van der Waals surface area (Å²) in [5.74, 6) is 0.0832. The molecule has 27 heavy (non-hydrogen) atoms. The summed E-state index contributed by atoms with van der Waals surface area (Å²) in [4.78, 5) is 26.5. The van der Waals surface area contributed by atoms with Gasteiger partial charge in [-0.1, -0.05) is 5.21 Å². The molecule has 3 rings (SSSR count). The van der Waals surface area contributed by atoms with Gasteiger partial charge < -0.3 is 14.4 Å². The summed E-state index contributed by atoms with van der Waals surface area (Å²) in [7, 11) is 0. The SMILES string of the molecule is CCOC(=O)c1nnn(C2CCN(C(=O)OC(C)(C)C)C(C3CC3)C2)c1C. The van der Waals surface area contributed by atoms with Gasteiger partial charge in [-0.05, 0) is 66.2 Å². The van der Waals surface area contributed by atoms with Crippen LogP contribution in [0.1, 0.15) is 75.6 Å². The standard InChI is InChI=1S/C19H30N4O4/c1-6-26-17(24)16-12(2)23(21-20-16)14-9-10-22(15(11-14)13-7-8-13)18(25)27-19(3,4)5/h13-15H,6-11H2,1-5H3. The second-order valence-corrected chi connectivity index (χ2v) is 8.45. The van der Waals surface area contributed by atoms with Gasteiger partial charge in [0.15, 0.2) is 5.69 Å². The lowest BCUT2D eigenvalue weighted by Crippen LogP contribution is -2.49. The molecule has 0 bridgehead atoms.